The number of nitrogens with one attached hydrogen (secondary N) is 1. The quantitative estimate of drug-likeness (QED) is 0.528. The first-order chi connectivity index (χ1) is 12.5. The molecule has 0 spiro atoms. The number of aryl methyl sites for hydroxylation is 1. The highest BCUT2D eigenvalue weighted by molar-refractivity contribution is 6.17. The third-order valence-electron chi connectivity index (χ3n) is 3.70. The minimum atomic E-state index is -0.551. The van der Waals surface area contributed by atoms with Crippen LogP contribution in [0.4, 0.5) is 15.8 Å². The van der Waals surface area contributed by atoms with Crippen LogP contribution in [0.5, 0.6) is 0 Å². The Kier molecular flexibility index (Phi) is 5.01. The van der Waals surface area contributed by atoms with E-state index in [1.165, 1.54) is 16.8 Å². The Bertz CT molecular complexity index is 1020. The van der Waals surface area contributed by atoms with Crippen molar-refractivity contribution < 1.29 is 9.18 Å². The number of aromatic nitrogens is 2. The van der Waals surface area contributed by atoms with Crippen LogP contribution in [-0.4, -0.2) is 15.7 Å². The second-order valence-corrected chi connectivity index (χ2v) is 5.88. The molecule has 0 aliphatic rings. The second-order valence-electron chi connectivity index (χ2n) is 5.62. The third kappa shape index (κ3) is 3.58. The largest absolute Gasteiger partial charge is 0.318 e. The fourth-order valence-corrected chi connectivity index (χ4v) is 2.66. The van der Waals surface area contributed by atoms with Crippen LogP contribution < -0.4 is 5.32 Å². The van der Waals surface area contributed by atoms with Crippen molar-refractivity contribution in [2.45, 2.75) is 12.8 Å². The monoisotopic (exact) mass is 368 g/mol. The Hall–Kier alpha value is -3.17. The normalized spacial score (nSPS) is 10.4. The van der Waals surface area contributed by atoms with Crippen LogP contribution in [0.3, 0.4) is 0 Å². The van der Waals surface area contributed by atoms with Gasteiger partial charge >= 0.3 is 0 Å². The summed E-state index contributed by atoms with van der Waals surface area (Å²) in [4.78, 5) is 16.1. The van der Waals surface area contributed by atoms with Crippen molar-refractivity contribution in [2.75, 3.05) is 5.32 Å². The van der Waals surface area contributed by atoms with Crippen molar-refractivity contribution in [2.24, 2.45) is 0 Å². The van der Waals surface area contributed by atoms with Crippen LogP contribution in [0.1, 0.15) is 21.7 Å². The summed E-state index contributed by atoms with van der Waals surface area (Å²) < 4.78 is 15.4. The zero-order valence-corrected chi connectivity index (χ0v) is 14.6. The number of carbonyl (C=O) groups is 1. The van der Waals surface area contributed by atoms with E-state index >= 15 is 0 Å². The molecule has 0 saturated heterocycles. The number of nitrogens with zero attached hydrogens (tertiary/aromatic N) is 3. The molecule has 1 amide bonds. The van der Waals surface area contributed by atoms with E-state index in [-0.39, 0.29) is 17.3 Å². The third-order valence-corrected chi connectivity index (χ3v) is 4.01. The van der Waals surface area contributed by atoms with Crippen LogP contribution in [0.2, 0.25) is 0 Å². The van der Waals surface area contributed by atoms with Crippen LogP contribution in [0.25, 0.3) is 10.5 Å². The lowest BCUT2D eigenvalue weighted by atomic mass is 10.2. The smallest absolute Gasteiger partial charge is 0.274 e. The summed E-state index contributed by atoms with van der Waals surface area (Å²) >= 11 is 5.77. The molecule has 0 fully saturated rings. The first-order valence-electron chi connectivity index (χ1n) is 7.72. The van der Waals surface area contributed by atoms with Gasteiger partial charge in [-0.2, -0.15) is 5.10 Å². The molecule has 0 saturated carbocycles. The summed E-state index contributed by atoms with van der Waals surface area (Å²) in [6, 6.07) is 12.7. The van der Waals surface area contributed by atoms with Gasteiger partial charge in [-0.15, -0.1) is 11.6 Å². The van der Waals surface area contributed by atoms with E-state index in [0.29, 0.717) is 22.6 Å². The Labute approximate surface area is 154 Å². The van der Waals surface area contributed by atoms with Crippen LogP contribution in [0, 0.1) is 19.3 Å². The van der Waals surface area contributed by atoms with Gasteiger partial charge in [-0.05, 0) is 42.8 Å². The van der Waals surface area contributed by atoms with Gasteiger partial charge in [-0.25, -0.2) is 13.9 Å². The summed E-state index contributed by atoms with van der Waals surface area (Å²) in [5, 5.41) is 6.87. The maximum absolute atomic E-state index is 14.0. The number of amides is 1. The highest BCUT2D eigenvalue weighted by Gasteiger charge is 2.17. The highest BCUT2D eigenvalue weighted by atomic mass is 35.5. The van der Waals surface area contributed by atoms with Gasteiger partial charge in [0, 0.05) is 5.88 Å². The van der Waals surface area contributed by atoms with E-state index in [4.69, 9.17) is 18.2 Å². The summed E-state index contributed by atoms with van der Waals surface area (Å²) in [6.07, 6.45) is 0. The number of hydrogen-bond donors (Lipinski definition) is 1. The molecule has 1 aromatic heterocycles. The van der Waals surface area contributed by atoms with Crippen molar-refractivity contribution in [1.29, 1.82) is 0 Å². The molecule has 0 unspecified atom stereocenters. The van der Waals surface area contributed by atoms with Gasteiger partial charge < -0.3 is 5.32 Å². The standard InChI is InChI=1S/C19H14ClFN4O/c1-12-8-18(25(24-12)15-5-3-4-14(10-15)22-2)19(26)23-17-9-13(11-20)6-7-16(17)21/h3-10H,11H2,1H3,(H,23,26). The van der Waals surface area contributed by atoms with Crippen LogP contribution >= 0.6 is 11.6 Å². The van der Waals surface area contributed by atoms with E-state index in [1.807, 2.05) is 0 Å². The molecule has 1 N–H and O–H groups in total. The lowest BCUT2D eigenvalue weighted by Crippen LogP contribution is -2.17. The number of carbonyl (C=O) groups excluding carboxylic acids is 1. The Morgan fingerprint density at radius 1 is 1.31 bits per heavy atom. The minimum Gasteiger partial charge on any atom is -0.318 e. The van der Waals surface area contributed by atoms with Crippen LogP contribution in [0.15, 0.2) is 48.5 Å². The fraction of sp³-hybridized carbons (Fsp3) is 0.105. The van der Waals surface area contributed by atoms with Gasteiger partial charge in [0.2, 0.25) is 0 Å². The zero-order chi connectivity index (χ0) is 18.7. The van der Waals surface area contributed by atoms with Crippen molar-refractivity contribution in [3.05, 3.63) is 82.7 Å². The first-order valence-corrected chi connectivity index (χ1v) is 8.25. The van der Waals surface area contributed by atoms with E-state index in [0.717, 1.165) is 0 Å². The molecule has 7 heteroatoms. The molecule has 26 heavy (non-hydrogen) atoms. The number of halogens is 2. The predicted octanol–water partition coefficient (Wildman–Crippen LogP) is 4.86. The number of anilines is 1. The number of alkyl halides is 1. The van der Waals surface area contributed by atoms with Gasteiger partial charge in [-0.3, -0.25) is 4.79 Å². The molecule has 130 valence electrons. The van der Waals surface area contributed by atoms with E-state index in [9.17, 15) is 9.18 Å². The fourth-order valence-electron chi connectivity index (χ4n) is 2.49. The van der Waals surface area contributed by atoms with Crippen molar-refractivity contribution in [3.8, 4) is 5.69 Å². The molecule has 2 aromatic carbocycles. The van der Waals surface area contributed by atoms with Crippen molar-refractivity contribution >= 4 is 28.9 Å². The van der Waals surface area contributed by atoms with Gasteiger partial charge in [0.1, 0.15) is 11.5 Å². The molecule has 0 aliphatic carbocycles. The lowest BCUT2D eigenvalue weighted by molar-refractivity contribution is 0.101. The van der Waals surface area contributed by atoms with Gasteiger partial charge in [0.15, 0.2) is 5.69 Å². The molecule has 0 atom stereocenters. The number of hydrogen-bond acceptors (Lipinski definition) is 2. The Morgan fingerprint density at radius 2 is 2.12 bits per heavy atom. The van der Waals surface area contributed by atoms with Crippen molar-refractivity contribution in [1.82, 2.24) is 9.78 Å². The molecular formula is C19H14ClFN4O. The van der Waals surface area contributed by atoms with E-state index in [1.54, 1.807) is 43.3 Å². The first kappa shape index (κ1) is 17.6. The average molecular weight is 369 g/mol. The van der Waals surface area contributed by atoms with E-state index < -0.39 is 11.7 Å². The minimum absolute atomic E-state index is 0.0495. The van der Waals surface area contributed by atoms with Crippen molar-refractivity contribution in [3.63, 3.8) is 0 Å². The molecular weight excluding hydrogens is 355 g/mol. The molecule has 0 bridgehead atoms. The van der Waals surface area contributed by atoms with Gasteiger partial charge in [0.05, 0.1) is 23.6 Å². The zero-order valence-electron chi connectivity index (χ0n) is 13.8. The molecule has 3 rings (SSSR count). The molecule has 1 heterocycles. The number of benzene rings is 2. The highest BCUT2D eigenvalue weighted by Crippen LogP contribution is 2.22. The van der Waals surface area contributed by atoms with Gasteiger partial charge in [-0.1, -0.05) is 18.2 Å². The summed E-state index contributed by atoms with van der Waals surface area (Å²) in [5.74, 6) is -0.849. The molecule has 0 aliphatic heterocycles. The van der Waals surface area contributed by atoms with E-state index in [2.05, 4.69) is 15.3 Å². The SMILES string of the molecule is [C-]#[N+]c1cccc(-n2nc(C)cc2C(=O)Nc2cc(CCl)ccc2F)c1. The molecule has 5 nitrogen and oxygen atoms in total. The summed E-state index contributed by atoms with van der Waals surface area (Å²) in [7, 11) is 0. The predicted molar refractivity (Wildman–Crippen MR) is 98.5 cm³/mol. The summed E-state index contributed by atoms with van der Waals surface area (Å²) in [5.41, 5.74) is 2.61. The lowest BCUT2D eigenvalue weighted by Gasteiger charge is -2.10. The Morgan fingerprint density at radius 3 is 2.85 bits per heavy atom. The van der Waals surface area contributed by atoms with Gasteiger partial charge in [0.25, 0.3) is 5.91 Å². The second kappa shape index (κ2) is 7.38. The maximum atomic E-state index is 14.0. The Balaban J connectivity index is 1.97. The maximum Gasteiger partial charge on any atom is 0.274 e. The number of rotatable bonds is 4. The topological polar surface area (TPSA) is 51.3 Å². The average Bonchev–Trinajstić information content (AvgIpc) is 3.05. The molecule has 3 aromatic rings. The van der Waals surface area contributed by atoms with Crippen LogP contribution in [-0.2, 0) is 5.88 Å². The molecule has 0 radical (unpaired) electrons. The summed E-state index contributed by atoms with van der Waals surface area (Å²) in [6.45, 7) is 8.87.